The van der Waals surface area contributed by atoms with Crippen molar-refractivity contribution in [2.24, 2.45) is 0 Å². The topological polar surface area (TPSA) is 73.2 Å². The van der Waals surface area contributed by atoms with Crippen LogP contribution in [0.3, 0.4) is 0 Å². The van der Waals surface area contributed by atoms with Gasteiger partial charge in [0.15, 0.2) is 5.16 Å². The number of amides is 1. The number of thioether (sulfide) groups is 1. The lowest BCUT2D eigenvalue weighted by atomic mass is 10.2. The predicted molar refractivity (Wildman–Crippen MR) is 117 cm³/mol. The third kappa shape index (κ3) is 6.11. The Bertz CT molecular complexity index is 1130. The number of nitrogens with zero attached hydrogens (tertiary/aromatic N) is 2. The van der Waals surface area contributed by atoms with Crippen molar-refractivity contribution in [2.75, 3.05) is 17.7 Å². The van der Waals surface area contributed by atoms with Crippen LogP contribution in [0.4, 0.5) is 14.5 Å². The van der Waals surface area contributed by atoms with Gasteiger partial charge in [0.05, 0.1) is 28.4 Å². The van der Waals surface area contributed by atoms with Gasteiger partial charge in [-0.25, -0.2) is 13.8 Å². The Morgan fingerprint density at radius 1 is 1.23 bits per heavy atom. The summed E-state index contributed by atoms with van der Waals surface area (Å²) >= 11 is 1.06. The molecule has 0 spiro atoms. The number of nitrogens with one attached hydrogen (secondary N) is 1. The van der Waals surface area contributed by atoms with Crippen molar-refractivity contribution in [1.29, 1.82) is 0 Å². The van der Waals surface area contributed by atoms with Crippen LogP contribution in [0.2, 0.25) is 0 Å². The normalized spacial score (nSPS) is 11.3. The number of carbonyl (C=O) groups excluding carboxylic acids is 1. The lowest BCUT2D eigenvalue weighted by Gasteiger charge is -2.14. The molecule has 3 aromatic rings. The van der Waals surface area contributed by atoms with Crippen LogP contribution in [0, 0.1) is 11.6 Å². The van der Waals surface area contributed by atoms with Gasteiger partial charge in [-0.05, 0) is 44.5 Å². The summed E-state index contributed by atoms with van der Waals surface area (Å²) < 4.78 is 34.1. The molecule has 3 rings (SSSR count). The molecule has 0 aliphatic heterocycles. The highest BCUT2D eigenvalue weighted by Crippen LogP contribution is 2.20. The molecule has 2 aromatic carbocycles. The van der Waals surface area contributed by atoms with Crippen LogP contribution in [-0.2, 0) is 16.1 Å². The minimum Gasteiger partial charge on any atom is -0.379 e. The van der Waals surface area contributed by atoms with Crippen molar-refractivity contribution >= 4 is 34.3 Å². The third-order valence-electron chi connectivity index (χ3n) is 4.34. The van der Waals surface area contributed by atoms with Crippen molar-refractivity contribution in [3.63, 3.8) is 0 Å². The maximum atomic E-state index is 13.8. The first-order chi connectivity index (χ1) is 14.8. The van der Waals surface area contributed by atoms with Crippen LogP contribution < -0.4 is 10.9 Å². The summed E-state index contributed by atoms with van der Waals surface area (Å²) in [5, 5.41) is 3.21. The monoisotopic (exact) mass is 447 g/mol. The molecule has 0 aliphatic carbocycles. The quantitative estimate of drug-likeness (QED) is 0.302. The van der Waals surface area contributed by atoms with Gasteiger partial charge in [0.25, 0.3) is 5.56 Å². The molecule has 1 heterocycles. The zero-order valence-corrected chi connectivity index (χ0v) is 18.0. The number of aromatic nitrogens is 2. The summed E-state index contributed by atoms with van der Waals surface area (Å²) in [7, 11) is 0. The average Bonchev–Trinajstić information content (AvgIpc) is 2.73. The SMILES string of the molecule is CC(C)OCCCn1c(SCC(=O)Nc2cc(F)ccc2F)nc2ccccc2c1=O. The van der Waals surface area contributed by atoms with Crippen molar-refractivity contribution in [3.8, 4) is 0 Å². The van der Waals surface area contributed by atoms with Crippen LogP contribution in [0.25, 0.3) is 10.9 Å². The molecular weight excluding hydrogens is 424 g/mol. The number of anilines is 1. The molecular formula is C22H23F2N3O3S. The van der Waals surface area contributed by atoms with Gasteiger partial charge in [-0.3, -0.25) is 14.2 Å². The summed E-state index contributed by atoms with van der Waals surface area (Å²) in [6.07, 6.45) is 0.694. The van der Waals surface area contributed by atoms with E-state index in [1.807, 2.05) is 13.8 Å². The molecule has 31 heavy (non-hydrogen) atoms. The molecule has 0 unspecified atom stereocenters. The first kappa shape index (κ1) is 22.9. The minimum absolute atomic E-state index is 0.0900. The highest BCUT2D eigenvalue weighted by Gasteiger charge is 2.14. The highest BCUT2D eigenvalue weighted by molar-refractivity contribution is 7.99. The molecule has 0 saturated heterocycles. The van der Waals surface area contributed by atoms with Gasteiger partial charge in [-0.15, -0.1) is 0 Å². The van der Waals surface area contributed by atoms with E-state index in [1.165, 1.54) is 4.57 Å². The Hall–Kier alpha value is -2.78. The second-order valence-corrected chi connectivity index (χ2v) is 8.04. The Morgan fingerprint density at radius 3 is 2.77 bits per heavy atom. The van der Waals surface area contributed by atoms with E-state index in [2.05, 4.69) is 10.3 Å². The standard InChI is InChI=1S/C22H23F2N3O3S/c1-14(2)30-11-5-10-27-21(29)16-6-3-4-7-18(16)26-22(27)31-13-20(28)25-19-12-15(23)8-9-17(19)24/h3-4,6-9,12,14H,5,10-11,13H2,1-2H3,(H,25,28). The van der Waals surface area contributed by atoms with E-state index in [4.69, 9.17) is 4.74 Å². The fourth-order valence-electron chi connectivity index (χ4n) is 2.91. The number of halogens is 2. The Labute approximate surface area is 182 Å². The maximum absolute atomic E-state index is 13.8. The number of hydrogen-bond acceptors (Lipinski definition) is 5. The number of ether oxygens (including phenoxy) is 1. The molecule has 6 nitrogen and oxygen atoms in total. The molecule has 0 radical (unpaired) electrons. The van der Waals surface area contributed by atoms with E-state index < -0.39 is 17.5 Å². The smallest absolute Gasteiger partial charge is 0.262 e. The molecule has 0 atom stereocenters. The van der Waals surface area contributed by atoms with Crippen molar-refractivity contribution in [2.45, 2.75) is 38.1 Å². The molecule has 0 fully saturated rings. The van der Waals surface area contributed by atoms with Gasteiger partial charge in [0.1, 0.15) is 11.6 Å². The summed E-state index contributed by atoms with van der Waals surface area (Å²) in [6, 6.07) is 9.82. The van der Waals surface area contributed by atoms with E-state index in [1.54, 1.807) is 24.3 Å². The van der Waals surface area contributed by atoms with Gasteiger partial charge >= 0.3 is 0 Å². The summed E-state index contributed by atoms with van der Waals surface area (Å²) in [6.45, 7) is 4.74. The van der Waals surface area contributed by atoms with E-state index in [-0.39, 0.29) is 23.1 Å². The second-order valence-electron chi connectivity index (χ2n) is 7.10. The molecule has 1 amide bonds. The van der Waals surface area contributed by atoms with Crippen molar-refractivity contribution in [3.05, 3.63) is 64.5 Å². The molecule has 1 N–H and O–H groups in total. The molecule has 0 saturated carbocycles. The van der Waals surface area contributed by atoms with E-state index in [0.29, 0.717) is 35.6 Å². The van der Waals surface area contributed by atoms with Crippen LogP contribution in [0.5, 0.6) is 0 Å². The third-order valence-corrected chi connectivity index (χ3v) is 5.32. The lowest BCUT2D eigenvalue weighted by molar-refractivity contribution is -0.113. The number of benzene rings is 2. The fourth-order valence-corrected chi connectivity index (χ4v) is 3.73. The molecule has 0 bridgehead atoms. The Balaban J connectivity index is 1.77. The van der Waals surface area contributed by atoms with Gasteiger partial charge < -0.3 is 10.1 Å². The number of fused-ring (bicyclic) bond motifs is 1. The van der Waals surface area contributed by atoms with Gasteiger partial charge in [-0.2, -0.15) is 0 Å². The summed E-state index contributed by atoms with van der Waals surface area (Å²) in [5.41, 5.74) is 0.0933. The van der Waals surface area contributed by atoms with Crippen LogP contribution in [-0.4, -0.2) is 33.9 Å². The van der Waals surface area contributed by atoms with E-state index in [0.717, 1.165) is 30.0 Å². The van der Waals surface area contributed by atoms with Gasteiger partial charge in [-0.1, -0.05) is 23.9 Å². The number of hydrogen-bond donors (Lipinski definition) is 1. The summed E-state index contributed by atoms with van der Waals surface area (Å²) in [5.74, 6) is -2.04. The number of rotatable bonds is 9. The van der Waals surface area contributed by atoms with Crippen LogP contribution in [0.1, 0.15) is 20.3 Å². The minimum atomic E-state index is -0.731. The zero-order chi connectivity index (χ0) is 22.4. The van der Waals surface area contributed by atoms with Crippen molar-refractivity contribution in [1.82, 2.24) is 9.55 Å². The average molecular weight is 448 g/mol. The van der Waals surface area contributed by atoms with Crippen LogP contribution in [0.15, 0.2) is 52.4 Å². The lowest BCUT2D eigenvalue weighted by Crippen LogP contribution is -2.25. The largest absolute Gasteiger partial charge is 0.379 e. The van der Waals surface area contributed by atoms with E-state index >= 15 is 0 Å². The molecule has 0 aliphatic rings. The fraction of sp³-hybridized carbons (Fsp3) is 0.318. The maximum Gasteiger partial charge on any atom is 0.262 e. The Kier molecular flexibility index (Phi) is 7.75. The number of carbonyl (C=O) groups is 1. The van der Waals surface area contributed by atoms with Crippen molar-refractivity contribution < 1.29 is 18.3 Å². The van der Waals surface area contributed by atoms with Crippen LogP contribution >= 0.6 is 11.8 Å². The highest BCUT2D eigenvalue weighted by atomic mass is 32.2. The van der Waals surface area contributed by atoms with E-state index in [9.17, 15) is 18.4 Å². The molecule has 164 valence electrons. The zero-order valence-electron chi connectivity index (χ0n) is 17.2. The molecule has 1 aromatic heterocycles. The second kappa shape index (κ2) is 10.5. The van der Waals surface area contributed by atoms with Gasteiger partial charge in [0, 0.05) is 19.2 Å². The first-order valence-electron chi connectivity index (χ1n) is 9.84. The summed E-state index contributed by atoms with van der Waals surface area (Å²) in [4.78, 5) is 29.8. The van der Waals surface area contributed by atoms with Gasteiger partial charge in [0.2, 0.25) is 5.91 Å². The first-order valence-corrected chi connectivity index (χ1v) is 10.8. The number of para-hydroxylation sites is 1. The Morgan fingerprint density at radius 2 is 2.00 bits per heavy atom. The molecule has 9 heteroatoms. The predicted octanol–water partition coefficient (Wildman–Crippen LogP) is 4.22.